The van der Waals surface area contributed by atoms with Crippen LogP contribution in [0.2, 0.25) is 0 Å². The molecule has 0 amide bonds. The molecule has 0 spiro atoms. The summed E-state index contributed by atoms with van der Waals surface area (Å²) in [6.07, 6.45) is 2.68. The number of ether oxygens (including phenoxy) is 3. The number of hydrogen-bond acceptors (Lipinski definition) is 4. The fourth-order valence-electron chi connectivity index (χ4n) is 4.73. The average molecular weight is 511 g/mol. The Balaban J connectivity index is 1.47. The van der Waals surface area contributed by atoms with Crippen molar-refractivity contribution in [2.75, 3.05) is 6.61 Å². The summed E-state index contributed by atoms with van der Waals surface area (Å²) in [6, 6.07) is 39.5. The molecule has 1 aliphatic rings. The Morgan fingerprint density at radius 2 is 1.14 bits per heavy atom. The summed E-state index contributed by atoms with van der Waals surface area (Å²) >= 11 is 0. The molecule has 3 atom stereocenters. The van der Waals surface area contributed by atoms with Gasteiger partial charge in [-0.15, -0.1) is 0 Å². The van der Waals surface area contributed by atoms with E-state index in [2.05, 4.69) is 0 Å². The van der Waals surface area contributed by atoms with E-state index in [4.69, 9.17) is 14.2 Å². The summed E-state index contributed by atoms with van der Waals surface area (Å²) < 4.78 is 33.9. The molecule has 0 saturated heterocycles. The van der Waals surface area contributed by atoms with Gasteiger partial charge in [0.05, 0.1) is 31.7 Å². The molecule has 1 heterocycles. The Morgan fingerprint density at radius 3 is 1.68 bits per heavy atom. The zero-order valence-corrected chi connectivity index (χ0v) is 21.5. The Kier molecular flexibility index (Phi) is 8.32. The maximum Gasteiger partial charge on any atom is 0.152 e. The van der Waals surface area contributed by atoms with Gasteiger partial charge in [-0.25, -0.2) is 0 Å². The monoisotopic (exact) mass is 510 g/mol. The fourth-order valence-corrected chi connectivity index (χ4v) is 7.95. The third-order valence-corrected chi connectivity index (χ3v) is 10.0. The van der Waals surface area contributed by atoms with Crippen LogP contribution in [0.3, 0.4) is 0 Å². The third kappa shape index (κ3) is 5.94. The highest BCUT2D eigenvalue weighted by Gasteiger charge is 2.46. The fraction of sp³-hybridized carbons (Fsp3) is 0.188. The molecule has 0 saturated carbocycles. The summed E-state index contributed by atoms with van der Waals surface area (Å²) in [5.41, 5.74) is 1.72. The van der Waals surface area contributed by atoms with Gasteiger partial charge in [-0.3, -0.25) is 0 Å². The molecule has 0 fully saturated rings. The smallest absolute Gasteiger partial charge is 0.152 e. The van der Waals surface area contributed by atoms with Gasteiger partial charge in [-0.1, -0.05) is 121 Å². The normalized spacial score (nSPS) is 19.3. The van der Waals surface area contributed by atoms with E-state index in [0.717, 1.165) is 21.7 Å². The van der Waals surface area contributed by atoms with Gasteiger partial charge in [-0.2, -0.15) is 0 Å². The Morgan fingerprint density at radius 1 is 0.649 bits per heavy atom. The summed E-state index contributed by atoms with van der Waals surface area (Å²) in [6.45, 7) is 1.17. The van der Waals surface area contributed by atoms with Crippen molar-refractivity contribution in [1.29, 1.82) is 0 Å². The van der Waals surface area contributed by atoms with E-state index in [-0.39, 0.29) is 0 Å². The van der Waals surface area contributed by atoms with E-state index in [1.807, 2.05) is 127 Å². The maximum absolute atomic E-state index is 15.2. The maximum atomic E-state index is 15.2. The predicted molar refractivity (Wildman–Crippen MR) is 149 cm³/mol. The number of benzene rings is 4. The largest absolute Gasteiger partial charge is 0.493 e. The highest BCUT2D eigenvalue weighted by Crippen LogP contribution is 2.52. The molecule has 0 unspecified atom stereocenters. The third-order valence-electron chi connectivity index (χ3n) is 6.61. The van der Waals surface area contributed by atoms with Gasteiger partial charge in [0.1, 0.15) is 12.2 Å². The van der Waals surface area contributed by atoms with Crippen LogP contribution in [0.25, 0.3) is 0 Å². The Bertz CT molecular complexity index is 1270. The van der Waals surface area contributed by atoms with Crippen LogP contribution in [0, 0.1) is 0 Å². The van der Waals surface area contributed by atoms with E-state index < -0.39 is 25.0 Å². The van der Waals surface area contributed by atoms with Gasteiger partial charge >= 0.3 is 0 Å². The molecule has 0 N–H and O–H groups in total. The second-order valence-corrected chi connectivity index (χ2v) is 12.0. The minimum Gasteiger partial charge on any atom is -0.493 e. The predicted octanol–water partition coefficient (Wildman–Crippen LogP) is 6.08. The highest BCUT2D eigenvalue weighted by molar-refractivity contribution is 7.79. The van der Waals surface area contributed by atoms with E-state index in [0.29, 0.717) is 19.8 Å². The standard InChI is InChI=1S/C32H31O4P/c33-37(28-17-9-3-10-18-28,29-19-11-4-12-20-29)31-21-22-35-30(25-34-23-26-13-5-1-6-14-26)32(31)36-24-27-15-7-2-8-16-27/h1-22,30-32H,23-25H2/t30-,31+,32+/m1/s1. The summed E-state index contributed by atoms with van der Waals surface area (Å²) in [7, 11) is -3.15. The van der Waals surface area contributed by atoms with E-state index in [1.165, 1.54) is 0 Å². The summed E-state index contributed by atoms with van der Waals surface area (Å²) in [5, 5.41) is 1.60. The van der Waals surface area contributed by atoms with Crippen LogP contribution in [0.1, 0.15) is 11.1 Å². The first-order valence-corrected chi connectivity index (χ1v) is 14.3. The van der Waals surface area contributed by atoms with Gasteiger partial charge in [-0.05, 0) is 17.2 Å². The minimum atomic E-state index is -3.15. The zero-order chi connectivity index (χ0) is 25.3. The Labute approximate surface area is 218 Å². The molecule has 1 aliphatic heterocycles. The van der Waals surface area contributed by atoms with Crippen LogP contribution >= 0.6 is 7.14 Å². The zero-order valence-electron chi connectivity index (χ0n) is 20.6. The van der Waals surface area contributed by atoms with Crippen LogP contribution in [-0.4, -0.2) is 24.5 Å². The minimum absolute atomic E-state index is 0.318. The van der Waals surface area contributed by atoms with Crippen LogP contribution < -0.4 is 10.6 Å². The first-order valence-electron chi connectivity index (χ1n) is 12.6. The van der Waals surface area contributed by atoms with Crippen molar-refractivity contribution in [2.24, 2.45) is 0 Å². The molecular weight excluding hydrogens is 479 g/mol. The summed E-state index contributed by atoms with van der Waals surface area (Å²) in [5.74, 6) is 0. The molecule has 5 rings (SSSR count). The SMILES string of the molecule is O=P(c1ccccc1)(c1ccccc1)[C@H]1C=CO[C@H](COCc2ccccc2)[C@@H]1OCc1ccccc1. The van der Waals surface area contributed by atoms with Gasteiger partial charge < -0.3 is 18.8 Å². The van der Waals surface area contributed by atoms with E-state index >= 15 is 4.57 Å². The lowest BCUT2D eigenvalue weighted by atomic mass is 10.1. The van der Waals surface area contributed by atoms with Crippen molar-refractivity contribution < 1.29 is 18.8 Å². The molecule has 0 aromatic heterocycles. The molecule has 0 radical (unpaired) electrons. The molecule has 188 valence electrons. The molecule has 5 heteroatoms. The van der Waals surface area contributed by atoms with Crippen molar-refractivity contribution in [2.45, 2.75) is 31.1 Å². The van der Waals surface area contributed by atoms with Crippen LogP contribution in [-0.2, 0) is 32.0 Å². The van der Waals surface area contributed by atoms with Gasteiger partial charge in [0.25, 0.3) is 0 Å². The lowest BCUT2D eigenvalue weighted by molar-refractivity contribution is -0.0899. The van der Waals surface area contributed by atoms with Crippen molar-refractivity contribution >= 4 is 17.8 Å². The first-order chi connectivity index (χ1) is 18.2. The molecule has 4 aromatic carbocycles. The van der Waals surface area contributed by atoms with Gasteiger partial charge in [0.15, 0.2) is 7.14 Å². The van der Waals surface area contributed by atoms with Crippen molar-refractivity contribution in [3.05, 3.63) is 145 Å². The van der Waals surface area contributed by atoms with Crippen LogP contribution in [0.4, 0.5) is 0 Å². The van der Waals surface area contributed by atoms with Crippen LogP contribution in [0.5, 0.6) is 0 Å². The second kappa shape index (κ2) is 12.2. The second-order valence-electron chi connectivity index (χ2n) is 9.08. The molecular formula is C32H31O4P. The van der Waals surface area contributed by atoms with Crippen LogP contribution in [0.15, 0.2) is 134 Å². The van der Waals surface area contributed by atoms with E-state index in [9.17, 15) is 0 Å². The lowest BCUT2D eigenvalue weighted by Crippen LogP contribution is -2.47. The number of rotatable bonds is 10. The quantitative estimate of drug-likeness (QED) is 0.243. The van der Waals surface area contributed by atoms with Crippen molar-refractivity contribution in [3.63, 3.8) is 0 Å². The van der Waals surface area contributed by atoms with Gasteiger partial charge in [0.2, 0.25) is 0 Å². The van der Waals surface area contributed by atoms with E-state index in [1.54, 1.807) is 6.26 Å². The van der Waals surface area contributed by atoms with Gasteiger partial charge in [0, 0.05) is 10.6 Å². The molecule has 4 nitrogen and oxygen atoms in total. The lowest BCUT2D eigenvalue weighted by Gasteiger charge is -2.39. The number of hydrogen-bond donors (Lipinski definition) is 0. The molecule has 0 aliphatic carbocycles. The molecule has 37 heavy (non-hydrogen) atoms. The average Bonchev–Trinajstić information content (AvgIpc) is 2.98. The molecule has 4 aromatic rings. The first kappa shape index (κ1) is 25.2. The Hall–Kier alpha value is -3.43. The molecule has 0 bridgehead atoms. The van der Waals surface area contributed by atoms with Crippen molar-refractivity contribution in [1.82, 2.24) is 0 Å². The summed E-state index contributed by atoms with van der Waals surface area (Å²) in [4.78, 5) is 0. The highest BCUT2D eigenvalue weighted by atomic mass is 31.2. The van der Waals surface area contributed by atoms with Crippen molar-refractivity contribution in [3.8, 4) is 0 Å². The topological polar surface area (TPSA) is 44.8 Å².